The van der Waals surface area contributed by atoms with Crippen LogP contribution in [-0.4, -0.2) is 43.2 Å². The lowest BCUT2D eigenvalue weighted by Crippen LogP contribution is -2.46. The first-order chi connectivity index (χ1) is 5.22. The summed E-state index contributed by atoms with van der Waals surface area (Å²) in [6, 6.07) is 0. The molecule has 1 aliphatic rings. The smallest absolute Gasteiger partial charge is 0.256 e. The van der Waals surface area contributed by atoms with Gasteiger partial charge in [-0.3, -0.25) is 4.79 Å². The number of hydrogen-bond donors (Lipinski definition) is 0. The first-order valence-electron chi connectivity index (χ1n) is 3.78. The van der Waals surface area contributed by atoms with Crippen LogP contribution in [0.1, 0.15) is 6.92 Å². The van der Waals surface area contributed by atoms with Crippen LogP contribution in [0.25, 0.3) is 0 Å². The van der Waals surface area contributed by atoms with Crippen LogP contribution < -0.4 is 5.32 Å². The second kappa shape index (κ2) is 3.67. The van der Waals surface area contributed by atoms with E-state index in [1.54, 1.807) is 0 Å². The lowest BCUT2D eigenvalue weighted by Gasteiger charge is -2.26. The molecule has 1 unspecified atom stereocenters. The van der Waals surface area contributed by atoms with Gasteiger partial charge in [0.25, 0.3) is 5.91 Å². The molecule has 0 aromatic rings. The zero-order valence-electron chi connectivity index (χ0n) is 6.59. The third kappa shape index (κ3) is 2.15. The predicted molar refractivity (Wildman–Crippen MR) is 39.0 cm³/mol. The molecule has 1 radical (unpaired) electrons. The van der Waals surface area contributed by atoms with Gasteiger partial charge in [-0.25, -0.2) is 9.71 Å². The molecule has 1 fully saturated rings. The van der Waals surface area contributed by atoms with E-state index < -0.39 is 12.1 Å². The monoisotopic (exact) mass is 159 g/mol. The quantitative estimate of drug-likeness (QED) is 0.521. The number of halogens is 1. The summed E-state index contributed by atoms with van der Waals surface area (Å²) in [7, 11) is 0. The minimum atomic E-state index is -1.37. The summed E-state index contributed by atoms with van der Waals surface area (Å²) in [5, 5.41) is 4.05. The molecule has 63 valence electrons. The summed E-state index contributed by atoms with van der Waals surface area (Å²) >= 11 is 0. The van der Waals surface area contributed by atoms with Gasteiger partial charge in [-0.15, -0.1) is 0 Å². The van der Waals surface area contributed by atoms with Crippen LogP contribution in [0.15, 0.2) is 0 Å². The molecule has 0 aromatic carbocycles. The molecule has 0 aliphatic carbocycles. The van der Waals surface area contributed by atoms with Crippen molar-refractivity contribution < 1.29 is 9.18 Å². The van der Waals surface area contributed by atoms with E-state index in [-0.39, 0.29) is 0 Å². The summed E-state index contributed by atoms with van der Waals surface area (Å²) in [5.41, 5.74) is 0. The second-order valence-electron chi connectivity index (χ2n) is 2.61. The van der Waals surface area contributed by atoms with Gasteiger partial charge >= 0.3 is 0 Å². The van der Waals surface area contributed by atoms with Crippen LogP contribution in [0.4, 0.5) is 4.39 Å². The maximum Gasteiger partial charge on any atom is 0.256 e. The fourth-order valence-electron chi connectivity index (χ4n) is 1.08. The highest BCUT2D eigenvalue weighted by Gasteiger charge is 2.21. The normalized spacial score (nSPS) is 21.5. The number of nitrogens with zero attached hydrogens (tertiary/aromatic N) is 2. The molecule has 1 amide bonds. The number of piperazine rings is 1. The van der Waals surface area contributed by atoms with E-state index in [4.69, 9.17) is 0 Å². The molecule has 11 heavy (non-hydrogen) atoms. The molecule has 1 heterocycles. The number of hydrogen-bond acceptors (Lipinski definition) is 1. The summed E-state index contributed by atoms with van der Waals surface area (Å²) in [4.78, 5) is 12.5. The third-order valence-corrected chi connectivity index (χ3v) is 1.71. The number of amides is 1. The predicted octanol–water partition coefficient (Wildman–Crippen LogP) is -0.209. The Labute approximate surface area is 65.6 Å². The summed E-state index contributed by atoms with van der Waals surface area (Å²) in [6.45, 7) is 3.73. The average molecular weight is 159 g/mol. The van der Waals surface area contributed by atoms with Gasteiger partial charge in [0.15, 0.2) is 6.17 Å². The van der Waals surface area contributed by atoms with Gasteiger partial charge in [-0.1, -0.05) is 0 Å². The van der Waals surface area contributed by atoms with Gasteiger partial charge in [0, 0.05) is 26.2 Å². The molecule has 1 aliphatic heterocycles. The van der Waals surface area contributed by atoms with Gasteiger partial charge in [0.05, 0.1) is 0 Å². The molecule has 0 spiro atoms. The van der Waals surface area contributed by atoms with Crippen molar-refractivity contribution in [3.63, 3.8) is 0 Å². The van der Waals surface area contributed by atoms with Crippen molar-refractivity contribution >= 4 is 5.91 Å². The van der Waals surface area contributed by atoms with Crippen LogP contribution in [-0.2, 0) is 4.79 Å². The highest BCUT2D eigenvalue weighted by molar-refractivity contribution is 5.80. The fourth-order valence-corrected chi connectivity index (χ4v) is 1.08. The number of carbonyl (C=O) groups is 1. The molecular weight excluding hydrogens is 147 g/mol. The van der Waals surface area contributed by atoms with Gasteiger partial charge < -0.3 is 4.90 Å². The first kappa shape index (κ1) is 8.46. The van der Waals surface area contributed by atoms with Gasteiger partial charge in [0.2, 0.25) is 0 Å². The van der Waals surface area contributed by atoms with Gasteiger partial charge in [0.1, 0.15) is 0 Å². The Hall–Kier alpha value is -0.640. The Morgan fingerprint density at radius 2 is 2.09 bits per heavy atom. The van der Waals surface area contributed by atoms with E-state index in [0.29, 0.717) is 26.2 Å². The average Bonchev–Trinajstić information content (AvgIpc) is 2.05. The first-order valence-corrected chi connectivity index (χ1v) is 3.78. The standard InChI is InChI=1S/C7H12FN2O/c1-6(8)7(11)10-4-2-9-3-5-10/h6H,2-5H2,1H3. The Morgan fingerprint density at radius 3 is 2.55 bits per heavy atom. The summed E-state index contributed by atoms with van der Waals surface area (Å²) < 4.78 is 12.5. The SMILES string of the molecule is CC(F)C(=O)N1CC[N]CC1. The Morgan fingerprint density at radius 1 is 1.55 bits per heavy atom. The zero-order chi connectivity index (χ0) is 8.27. The second-order valence-corrected chi connectivity index (χ2v) is 2.61. The van der Waals surface area contributed by atoms with Crippen LogP contribution in [0.3, 0.4) is 0 Å². The minimum Gasteiger partial charge on any atom is -0.338 e. The Balaban J connectivity index is 2.39. The molecule has 1 saturated heterocycles. The van der Waals surface area contributed by atoms with E-state index in [2.05, 4.69) is 5.32 Å². The van der Waals surface area contributed by atoms with Crippen molar-refractivity contribution in [3.05, 3.63) is 0 Å². The lowest BCUT2D eigenvalue weighted by atomic mass is 10.3. The van der Waals surface area contributed by atoms with Crippen molar-refractivity contribution in [1.29, 1.82) is 0 Å². The minimum absolute atomic E-state index is 0.403. The molecule has 1 atom stereocenters. The Kier molecular flexibility index (Phi) is 2.82. The highest BCUT2D eigenvalue weighted by atomic mass is 19.1. The molecule has 0 N–H and O–H groups in total. The zero-order valence-corrected chi connectivity index (χ0v) is 6.59. The lowest BCUT2D eigenvalue weighted by molar-refractivity contribution is -0.136. The van der Waals surface area contributed by atoms with Crippen molar-refractivity contribution in [1.82, 2.24) is 10.2 Å². The molecule has 1 rings (SSSR count). The maximum atomic E-state index is 12.5. The summed E-state index contributed by atoms with van der Waals surface area (Å²) in [6.07, 6.45) is -1.37. The van der Waals surface area contributed by atoms with Crippen LogP contribution in [0, 0.1) is 0 Å². The van der Waals surface area contributed by atoms with E-state index in [1.807, 2.05) is 0 Å². The summed E-state index contributed by atoms with van der Waals surface area (Å²) in [5.74, 6) is -0.403. The largest absolute Gasteiger partial charge is 0.338 e. The van der Waals surface area contributed by atoms with Crippen molar-refractivity contribution in [2.75, 3.05) is 26.2 Å². The highest BCUT2D eigenvalue weighted by Crippen LogP contribution is 2.00. The number of alkyl halides is 1. The van der Waals surface area contributed by atoms with Gasteiger partial charge in [-0.05, 0) is 6.92 Å². The van der Waals surface area contributed by atoms with E-state index in [1.165, 1.54) is 11.8 Å². The van der Waals surface area contributed by atoms with E-state index in [9.17, 15) is 9.18 Å². The van der Waals surface area contributed by atoms with Crippen LogP contribution in [0.2, 0.25) is 0 Å². The van der Waals surface area contributed by atoms with E-state index in [0.717, 1.165) is 0 Å². The molecule has 0 aromatic heterocycles. The topological polar surface area (TPSA) is 34.4 Å². The van der Waals surface area contributed by atoms with Crippen LogP contribution >= 0.6 is 0 Å². The molecule has 3 nitrogen and oxygen atoms in total. The van der Waals surface area contributed by atoms with Crippen molar-refractivity contribution in [2.24, 2.45) is 0 Å². The van der Waals surface area contributed by atoms with Crippen LogP contribution in [0.5, 0.6) is 0 Å². The number of carbonyl (C=O) groups excluding carboxylic acids is 1. The Bertz CT molecular complexity index is 143. The van der Waals surface area contributed by atoms with Gasteiger partial charge in [-0.2, -0.15) is 0 Å². The fraction of sp³-hybridized carbons (Fsp3) is 0.857. The number of rotatable bonds is 1. The molecule has 0 saturated carbocycles. The third-order valence-electron chi connectivity index (χ3n) is 1.71. The molecular formula is C7H12FN2O. The van der Waals surface area contributed by atoms with E-state index >= 15 is 0 Å². The van der Waals surface area contributed by atoms with Crippen molar-refractivity contribution in [3.8, 4) is 0 Å². The molecule has 4 heteroatoms. The van der Waals surface area contributed by atoms with Crippen molar-refractivity contribution in [2.45, 2.75) is 13.1 Å². The maximum absolute atomic E-state index is 12.5. The molecule has 0 bridgehead atoms.